The Bertz CT molecular complexity index is 980. The van der Waals surface area contributed by atoms with E-state index in [0.717, 1.165) is 6.07 Å². The Labute approximate surface area is 153 Å². The zero-order chi connectivity index (χ0) is 19.6. The molecule has 2 N–H and O–H groups in total. The summed E-state index contributed by atoms with van der Waals surface area (Å²) in [7, 11) is 0. The lowest BCUT2D eigenvalue weighted by Crippen LogP contribution is -2.07. The van der Waals surface area contributed by atoms with Gasteiger partial charge < -0.3 is 10.5 Å². The first-order valence-electron chi connectivity index (χ1n) is 8.10. The molecule has 3 rings (SSSR count). The fourth-order valence-electron chi connectivity index (χ4n) is 2.68. The Morgan fingerprint density at radius 1 is 1.19 bits per heavy atom. The molecule has 0 amide bonds. The molecule has 0 bridgehead atoms. The molecule has 0 aliphatic carbocycles. The second kappa shape index (κ2) is 7.14. The van der Waals surface area contributed by atoms with Gasteiger partial charge in [-0.25, -0.2) is 9.48 Å². The maximum atomic E-state index is 13.3. The number of carbonyl (C=O) groups excluding carboxylic acids is 1. The number of rotatable bonds is 4. The fraction of sp³-hybridized carbons (Fsp3) is 0.158. The van der Waals surface area contributed by atoms with Crippen molar-refractivity contribution in [2.45, 2.75) is 13.1 Å². The zero-order valence-corrected chi connectivity index (χ0v) is 14.3. The van der Waals surface area contributed by atoms with Crippen LogP contribution in [0.3, 0.4) is 0 Å². The molecule has 0 saturated carbocycles. The van der Waals surface area contributed by atoms with E-state index < -0.39 is 17.7 Å². The number of benzene rings is 2. The number of carbonyl (C=O) groups is 1. The summed E-state index contributed by atoms with van der Waals surface area (Å²) in [5.41, 5.74) is 6.01. The van der Waals surface area contributed by atoms with Crippen LogP contribution in [0.2, 0.25) is 0 Å². The molecule has 2 aromatic carbocycles. The molecule has 0 fully saturated rings. The van der Waals surface area contributed by atoms with Crippen LogP contribution in [0.5, 0.6) is 0 Å². The van der Waals surface area contributed by atoms with E-state index in [4.69, 9.17) is 10.5 Å². The van der Waals surface area contributed by atoms with Crippen LogP contribution in [0.1, 0.15) is 22.8 Å². The van der Waals surface area contributed by atoms with Crippen LogP contribution < -0.4 is 5.73 Å². The minimum absolute atomic E-state index is 0.0189. The van der Waals surface area contributed by atoms with Gasteiger partial charge in [-0.3, -0.25) is 0 Å². The van der Waals surface area contributed by atoms with Gasteiger partial charge in [0.15, 0.2) is 5.82 Å². The third-order valence-electron chi connectivity index (χ3n) is 3.89. The highest BCUT2D eigenvalue weighted by molar-refractivity contribution is 5.94. The lowest BCUT2D eigenvalue weighted by Gasteiger charge is -2.13. The number of ether oxygens (including phenoxy) is 1. The molecule has 0 radical (unpaired) electrons. The summed E-state index contributed by atoms with van der Waals surface area (Å²) in [6.07, 6.45) is -3.08. The van der Waals surface area contributed by atoms with Crippen molar-refractivity contribution >= 4 is 11.8 Å². The van der Waals surface area contributed by atoms with Crippen LogP contribution in [-0.4, -0.2) is 22.4 Å². The van der Waals surface area contributed by atoms with E-state index in [9.17, 15) is 18.0 Å². The SMILES string of the molecule is CCOC(=O)c1cn(-c2cccc(-c3ccccc3C(F)(F)F)c2)nc1N. The maximum Gasteiger partial charge on any atom is 0.417 e. The summed E-state index contributed by atoms with van der Waals surface area (Å²) in [6, 6.07) is 11.7. The van der Waals surface area contributed by atoms with Crippen molar-refractivity contribution in [2.24, 2.45) is 0 Å². The molecular formula is C19H16F3N3O2. The van der Waals surface area contributed by atoms with Crippen molar-refractivity contribution in [2.75, 3.05) is 12.3 Å². The lowest BCUT2D eigenvalue weighted by molar-refractivity contribution is -0.137. The van der Waals surface area contributed by atoms with Crippen molar-refractivity contribution in [1.82, 2.24) is 9.78 Å². The van der Waals surface area contributed by atoms with E-state index in [2.05, 4.69) is 5.10 Å². The first-order chi connectivity index (χ1) is 12.8. The van der Waals surface area contributed by atoms with Crippen LogP contribution in [-0.2, 0) is 10.9 Å². The zero-order valence-electron chi connectivity index (χ0n) is 14.3. The largest absolute Gasteiger partial charge is 0.462 e. The number of hydrogen-bond acceptors (Lipinski definition) is 4. The number of nitrogens with two attached hydrogens (primary N) is 1. The van der Waals surface area contributed by atoms with Crippen molar-refractivity contribution in [3.8, 4) is 16.8 Å². The Hall–Kier alpha value is -3.29. The topological polar surface area (TPSA) is 70.1 Å². The molecule has 8 heteroatoms. The number of hydrogen-bond donors (Lipinski definition) is 1. The number of anilines is 1. The summed E-state index contributed by atoms with van der Waals surface area (Å²) in [5, 5.41) is 4.06. The van der Waals surface area contributed by atoms with Gasteiger partial charge in [-0.1, -0.05) is 30.3 Å². The number of nitrogens with zero attached hydrogens (tertiary/aromatic N) is 2. The van der Waals surface area contributed by atoms with Gasteiger partial charge in [-0.15, -0.1) is 5.10 Å². The summed E-state index contributed by atoms with van der Waals surface area (Å²) in [4.78, 5) is 11.9. The molecule has 0 unspecified atom stereocenters. The fourth-order valence-corrected chi connectivity index (χ4v) is 2.68. The molecule has 0 spiro atoms. The van der Waals surface area contributed by atoms with Crippen molar-refractivity contribution in [1.29, 1.82) is 0 Å². The molecule has 0 aliphatic rings. The molecule has 1 aromatic heterocycles. The van der Waals surface area contributed by atoms with Crippen LogP contribution in [0.25, 0.3) is 16.8 Å². The Morgan fingerprint density at radius 2 is 1.93 bits per heavy atom. The number of halogens is 3. The molecule has 3 aromatic rings. The maximum absolute atomic E-state index is 13.3. The van der Waals surface area contributed by atoms with Gasteiger partial charge >= 0.3 is 12.1 Å². The van der Waals surface area contributed by atoms with Gasteiger partial charge in [-0.2, -0.15) is 13.2 Å². The van der Waals surface area contributed by atoms with Gasteiger partial charge in [0.2, 0.25) is 0 Å². The summed E-state index contributed by atoms with van der Waals surface area (Å²) in [6.45, 7) is 1.85. The quantitative estimate of drug-likeness (QED) is 0.690. The Morgan fingerprint density at radius 3 is 2.63 bits per heavy atom. The Kier molecular flexibility index (Phi) is 4.89. The number of alkyl halides is 3. The van der Waals surface area contributed by atoms with Crippen LogP contribution >= 0.6 is 0 Å². The van der Waals surface area contributed by atoms with Gasteiger partial charge in [0.1, 0.15) is 5.56 Å². The second-order valence-electron chi connectivity index (χ2n) is 5.69. The van der Waals surface area contributed by atoms with E-state index in [1.54, 1.807) is 37.3 Å². The van der Waals surface area contributed by atoms with E-state index >= 15 is 0 Å². The van der Waals surface area contributed by atoms with E-state index in [1.807, 2.05) is 0 Å². The average molecular weight is 375 g/mol. The molecule has 0 aliphatic heterocycles. The minimum atomic E-state index is -4.47. The van der Waals surface area contributed by atoms with Gasteiger partial charge in [-0.05, 0) is 36.2 Å². The van der Waals surface area contributed by atoms with E-state index in [0.29, 0.717) is 11.3 Å². The molecule has 0 saturated heterocycles. The first-order valence-corrected chi connectivity index (χ1v) is 8.10. The third-order valence-corrected chi connectivity index (χ3v) is 3.89. The number of esters is 1. The van der Waals surface area contributed by atoms with Crippen LogP contribution in [0, 0.1) is 0 Å². The number of aromatic nitrogens is 2. The predicted octanol–water partition coefficient (Wildman–Crippen LogP) is 4.32. The Balaban J connectivity index is 2.04. The third kappa shape index (κ3) is 3.79. The summed E-state index contributed by atoms with van der Waals surface area (Å²) in [5.74, 6) is -0.630. The van der Waals surface area contributed by atoms with Crippen molar-refractivity contribution in [3.05, 3.63) is 65.9 Å². The van der Waals surface area contributed by atoms with E-state index in [1.165, 1.54) is 23.0 Å². The smallest absolute Gasteiger partial charge is 0.417 e. The lowest BCUT2D eigenvalue weighted by atomic mass is 9.99. The molecule has 0 atom stereocenters. The molecule has 1 heterocycles. The first kappa shape index (κ1) is 18.5. The van der Waals surface area contributed by atoms with Gasteiger partial charge in [0.05, 0.1) is 17.9 Å². The summed E-state index contributed by atoms with van der Waals surface area (Å²) >= 11 is 0. The van der Waals surface area contributed by atoms with E-state index in [-0.39, 0.29) is 23.6 Å². The predicted molar refractivity (Wildman–Crippen MR) is 94.4 cm³/mol. The van der Waals surface area contributed by atoms with Crippen molar-refractivity contribution in [3.63, 3.8) is 0 Å². The number of nitrogen functional groups attached to an aromatic ring is 1. The highest BCUT2D eigenvalue weighted by atomic mass is 19.4. The van der Waals surface area contributed by atoms with Gasteiger partial charge in [0, 0.05) is 6.20 Å². The monoisotopic (exact) mass is 375 g/mol. The van der Waals surface area contributed by atoms with Crippen LogP contribution in [0.15, 0.2) is 54.7 Å². The molecule has 5 nitrogen and oxygen atoms in total. The average Bonchev–Trinajstić information content (AvgIpc) is 3.03. The normalized spacial score (nSPS) is 11.4. The van der Waals surface area contributed by atoms with Gasteiger partial charge in [0.25, 0.3) is 0 Å². The van der Waals surface area contributed by atoms with Crippen molar-refractivity contribution < 1.29 is 22.7 Å². The molecule has 27 heavy (non-hydrogen) atoms. The second-order valence-corrected chi connectivity index (χ2v) is 5.69. The standard InChI is InChI=1S/C19H16F3N3O2/c1-2-27-18(26)15-11-25(24-17(15)23)13-7-5-6-12(10-13)14-8-3-4-9-16(14)19(20,21)22/h3-11H,2H2,1H3,(H2,23,24). The van der Waals surface area contributed by atoms with Crippen LogP contribution in [0.4, 0.5) is 19.0 Å². The summed E-state index contributed by atoms with van der Waals surface area (Å²) < 4.78 is 46.1. The minimum Gasteiger partial charge on any atom is -0.462 e. The highest BCUT2D eigenvalue weighted by Gasteiger charge is 2.33. The molecular weight excluding hydrogens is 359 g/mol. The molecule has 140 valence electrons. The highest BCUT2D eigenvalue weighted by Crippen LogP contribution is 2.37.